The highest BCUT2D eigenvalue weighted by Crippen LogP contribution is 2.25. The van der Waals surface area contributed by atoms with Gasteiger partial charge in [-0.15, -0.1) is 5.10 Å². The SMILES string of the molecule is O=C(Nc1ccc(-n2ccnn2)cc1)N1CCOCC1c1ccccc1. The molecule has 2 aromatic carbocycles. The summed E-state index contributed by atoms with van der Waals surface area (Å²) in [6, 6.07) is 17.2. The molecule has 1 fully saturated rings. The topological polar surface area (TPSA) is 72.3 Å². The van der Waals surface area contributed by atoms with Gasteiger partial charge in [0.15, 0.2) is 0 Å². The van der Waals surface area contributed by atoms with Gasteiger partial charge in [0.1, 0.15) is 0 Å². The fourth-order valence-corrected chi connectivity index (χ4v) is 3.04. The molecule has 26 heavy (non-hydrogen) atoms. The second-order valence-electron chi connectivity index (χ2n) is 6.02. The maximum absolute atomic E-state index is 12.8. The molecule has 1 unspecified atom stereocenters. The molecule has 0 saturated carbocycles. The van der Waals surface area contributed by atoms with Crippen molar-refractivity contribution in [3.05, 3.63) is 72.6 Å². The van der Waals surface area contributed by atoms with Crippen molar-refractivity contribution in [1.29, 1.82) is 0 Å². The number of hydrogen-bond acceptors (Lipinski definition) is 4. The number of nitrogens with zero attached hydrogens (tertiary/aromatic N) is 4. The predicted octanol–water partition coefficient (Wildman–Crippen LogP) is 2.87. The predicted molar refractivity (Wildman–Crippen MR) is 97.1 cm³/mol. The number of aromatic nitrogens is 3. The van der Waals surface area contributed by atoms with Crippen molar-refractivity contribution in [2.75, 3.05) is 25.1 Å². The molecule has 1 N–H and O–H groups in total. The van der Waals surface area contributed by atoms with Gasteiger partial charge in [-0.1, -0.05) is 35.5 Å². The van der Waals surface area contributed by atoms with Crippen molar-refractivity contribution in [3.63, 3.8) is 0 Å². The quantitative estimate of drug-likeness (QED) is 0.789. The minimum absolute atomic E-state index is 0.0839. The number of ether oxygens (including phenoxy) is 1. The summed E-state index contributed by atoms with van der Waals surface area (Å²) >= 11 is 0. The van der Waals surface area contributed by atoms with Crippen LogP contribution in [0.1, 0.15) is 11.6 Å². The molecule has 1 aliphatic rings. The van der Waals surface area contributed by atoms with Crippen molar-refractivity contribution in [1.82, 2.24) is 19.9 Å². The van der Waals surface area contributed by atoms with Gasteiger partial charge in [0.25, 0.3) is 0 Å². The molecule has 7 nitrogen and oxygen atoms in total. The van der Waals surface area contributed by atoms with Crippen LogP contribution in [0.2, 0.25) is 0 Å². The van der Waals surface area contributed by atoms with Crippen LogP contribution < -0.4 is 5.32 Å². The number of benzene rings is 2. The Morgan fingerprint density at radius 3 is 2.65 bits per heavy atom. The Balaban J connectivity index is 1.48. The van der Waals surface area contributed by atoms with Gasteiger partial charge >= 0.3 is 6.03 Å². The molecule has 4 rings (SSSR count). The van der Waals surface area contributed by atoms with E-state index in [0.717, 1.165) is 16.9 Å². The van der Waals surface area contributed by atoms with Gasteiger partial charge in [-0.2, -0.15) is 0 Å². The molecule has 0 aliphatic carbocycles. The number of carbonyl (C=O) groups excluding carboxylic acids is 1. The van der Waals surface area contributed by atoms with Gasteiger partial charge in [0.05, 0.1) is 37.3 Å². The summed E-state index contributed by atoms with van der Waals surface area (Å²) in [4.78, 5) is 14.6. The third kappa shape index (κ3) is 3.43. The van der Waals surface area contributed by atoms with E-state index in [9.17, 15) is 4.79 Å². The largest absolute Gasteiger partial charge is 0.377 e. The highest BCUT2D eigenvalue weighted by atomic mass is 16.5. The van der Waals surface area contributed by atoms with Gasteiger partial charge in [-0.25, -0.2) is 9.48 Å². The summed E-state index contributed by atoms with van der Waals surface area (Å²) < 4.78 is 7.25. The molecule has 0 radical (unpaired) electrons. The summed E-state index contributed by atoms with van der Waals surface area (Å²) in [5, 5.41) is 10.7. The van der Waals surface area contributed by atoms with Crippen LogP contribution in [-0.4, -0.2) is 45.7 Å². The first kappa shape index (κ1) is 16.3. The average Bonchev–Trinajstić information content (AvgIpc) is 3.24. The van der Waals surface area contributed by atoms with E-state index in [1.807, 2.05) is 59.5 Å². The van der Waals surface area contributed by atoms with Crippen LogP contribution in [0.15, 0.2) is 67.0 Å². The Bertz CT molecular complexity index is 849. The Labute approximate surface area is 151 Å². The lowest BCUT2D eigenvalue weighted by Crippen LogP contribution is -2.45. The van der Waals surface area contributed by atoms with Crippen LogP contribution >= 0.6 is 0 Å². The standard InChI is InChI=1S/C19H19N5O2/c25-19(21-16-6-8-17(9-7-16)24-11-10-20-22-24)23-12-13-26-14-18(23)15-4-2-1-3-5-15/h1-11,18H,12-14H2,(H,21,25). The van der Waals surface area contributed by atoms with E-state index in [-0.39, 0.29) is 12.1 Å². The average molecular weight is 349 g/mol. The lowest BCUT2D eigenvalue weighted by Gasteiger charge is -2.35. The van der Waals surface area contributed by atoms with Crippen LogP contribution in [-0.2, 0) is 4.74 Å². The van der Waals surface area contributed by atoms with E-state index in [2.05, 4.69) is 15.6 Å². The van der Waals surface area contributed by atoms with E-state index in [1.54, 1.807) is 17.1 Å². The summed E-state index contributed by atoms with van der Waals surface area (Å²) in [5.74, 6) is 0. The number of carbonyl (C=O) groups is 1. The molecule has 0 spiro atoms. The molecule has 2 heterocycles. The number of nitrogens with one attached hydrogen (secondary N) is 1. The van der Waals surface area contributed by atoms with E-state index >= 15 is 0 Å². The number of morpholine rings is 1. The smallest absolute Gasteiger partial charge is 0.322 e. The Kier molecular flexibility index (Phi) is 4.61. The number of anilines is 1. The van der Waals surface area contributed by atoms with Crippen LogP contribution in [0.25, 0.3) is 5.69 Å². The van der Waals surface area contributed by atoms with Crippen LogP contribution in [0.3, 0.4) is 0 Å². The first-order valence-corrected chi connectivity index (χ1v) is 8.48. The lowest BCUT2D eigenvalue weighted by molar-refractivity contribution is 0.0148. The number of hydrogen-bond donors (Lipinski definition) is 1. The third-order valence-corrected chi connectivity index (χ3v) is 4.38. The second kappa shape index (κ2) is 7.37. The van der Waals surface area contributed by atoms with Gasteiger partial charge in [0, 0.05) is 12.2 Å². The van der Waals surface area contributed by atoms with Gasteiger partial charge in [0.2, 0.25) is 0 Å². The van der Waals surface area contributed by atoms with E-state index in [4.69, 9.17) is 4.74 Å². The highest BCUT2D eigenvalue weighted by Gasteiger charge is 2.28. The monoisotopic (exact) mass is 349 g/mol. The van der Waals surface area contributed by atoms with Gasteiger partial charge < -0.3 is 15.0 Å². The van der Waals surface area contributed by atoms with E-state index in [1.165, 1.54) is 0 Å². The summed E-state index contributed by atoms with van der Waals surface area (Å²) in [6.45, 7) is 1.60. The number of amides is 2. The first-order valence-electron chi connectivity index (χ1n) is 8.48. The molecular weight excluding hydrogens is 330 g/mol. The van der Waals surface area contributed by atoms with Gasteiger partial charge in [-0.3, -0.25) is 0 Å². The molecule has 1 atom stereocenters. The zero-order chi connectivity index (χ0) is 17.8. The van der Waals surface area contributed by atoms with Crippen molar-refractivity contribution in [2.24, 2.45) is 0 Å². The molecular formula is C19H19N5O2. The van der Waals surface area contributed by atoms with Crippen molar-refractivity contribution >= 4 is 11.7 Å². The fourth-order valence-electron chi connectivity index (χ4n) is 3.04. The Morgan fingerprint density at radius 2 is 1.92 bits per heavy atom. The molecule has 1 saturated heterocycles. The zero-order valence-corrected chi connectivity index (χ0v) is 14.2. The van der Waals surface area contributed by atoms with Gasteiger partial charge in [-0.05, 0) is 29.8 Å². The number of urea groups is 1. The summed E-state index contributed by atoms with van der Waals surface area (Å²) in [5.41, 5.74) is 2.69. The molecule has 1 aromatic heterocycles. The van der Waals surface area contributed by atoms with Crippen LogP contribution in [0, 0.1) is 0 Å². The minimum atomic E-state index is -0.129. The number of rotatable bonds is 3. The highest BCUT2D eigenvalue weighted by molar-refractivity contribution is 5.89. The van der Waals surface area contributed by atoms with Crippen LogP contribution in [0.5, 0.6) is 0 Å². The van der Waals surface area contributed by atoms with Crippen molar-refractivity contribution in [3.8, 4) is 5.69 Å². The normalized spacial score (nSPS) is 17.1. The van der Waals surface area contributed by atoms with Crippen molar-refractivity contribution in [2.45, 2.75) is 6.04 Å². The maximum Gasteiger partial charge on any atom is 0.322 e. The molecule has 7 heteroatoms. The minimum Gasteiger partial charge on any atom is -0.377 e. The Hall–Kier alpha value is -3.19. The molecule has 132 valence electrons. The lowest BCUT2D eigenvalue weighted by atomic mass is 10.1. The van der Waals surface area contributed by atoms with Crippen molar-refractivity contribution < 1.29 is 9.53 Å². The maximum atomic E-state index is 12.8. The molecule has 0 bridgehead atoms. The molecule has 3 aromatic rings. The van der Waals surface area contributed by atoms with E-state index in [0.29, 0.717) is 19.8 Å². The zero-order valence-electron chi connectivity index (χ0n) is 14.2. The summed E-state index contributed by atoms with van der Waals surface area (Å²) in [6.07, 6.45) is 3.39. The van der Waals surface area contributed by atoms with Crippen LogP contribution in [0.4, 0.5) is 10.5 Å². The third-order valence-electron chi connectivity index (χ3n) is 4.38. The Morgan fingerprint density at radius 1 is 1.12 bits per heavy atom. The second-order valence-corrected chi connectivity index (χ2v) is 6.02. The fraction of sp³-hybridized carbons (Fsp3) is 0.211. The molecule has 1 aliphatic heterocycles. The summed E-state index contributed by atoms with van der Waals surface area (Å²) in [7, 11) is 0. The van der Waals surface area contributed by atoms with E-state index < -0.39 is 0 Å². The first-order chi connectivity index (χ1) is 12.8. The molecule has 2 amide bonds.